The molecule has 0 fully saturated rings. The summed E-state index contributed by atoms with van der Waals surface area (Å²) in [6, 6.07) is 6.10. The Hall–Kier alpha value is -1.95. The van der Waals surface area contributed by atoms with Gasteiger partial charge in [0.1, 0.15) is 6.33 Å². The number of aromatic nitrogens is 4. The van der Waals surface area contributed by atoms with Crippen molar-refractivity contribution in [2.45, 2.75) is 13.8 Å². The second-order valence-corrected chi connectivity index (χ2v) is 4.70. The zero-order chi connectivity index (χ0) is 13.7. The summed E-state index contributed by atoms with van der Waals surface area (Å²) in [5.41, 5.74) is 3.23. The molecular weight excluding hydrogens is 242 g/mol. The number of tetrazole rings is 1. The van der Waals surface area contributed by atoms with Crippen LogP contribution in [-0.2, 0) is 4.74 Å². The van der Waals surface area contributed by atoms with Crippen LogP contribution in [0, 0.1) is 12.8 Å². The first-order chi connectivity index (χ1) is 9.20. The van der Waals surface area contributed by atoms with E-state index in [1.807, 2.05) is 12.1 Å². The summed E-state index contributed by atoms with van der Waals surface area (Å²) in [7, 11) is 1.72. The Labute approximate surface area is 112 Å². The fourth-order valence-corrected chi connectivity index (χ4v) is 1.85. The Balaban J connectivity index is 2.09. The largest absolute Gasteiger partial charge is 0.384 e. The van der Waals surface area contributed by atoms with Gasteiger partial charge in [-0.2, -0.15) is 0 Å². The van der Waals surface area contributed by atoms with Gasteiger partial charge in [-0.1, -0.05) is 13.0 Å². The molecular formula is C13H19N5O. The molecule has 6 heteroatoms. The predicted molar refractivity (Wildman–Crippen MR) is 73.4 cm³/mol. The van der Waals surface area contributed by atoms with Crippen LogP contribution in [0.3, 0.4) is 0 Å². The summed E-state index contributed by atoms with van der Waals surface area (Å²) in [6.07, 6.45) is 1.59. The number of anilines is 1. The van der Waals surface area contributed by atoms with Gasteiger partial charge in [0.25, 0.3) is 0 Å². The molecule has 1 unspecified atom stereocenters. The van der Waals surface area contributed by atoms with Crippen molar-refractivity contribution in [3.05, 3.63) is 30.1 Å². The normalized spacial score (nSPS) is 12.4. The Morgan fingerprint density at radius 1 is 1.42 bits per heavy atom. The molecule has 19 heavy (non-hydrogen) atoms. The van der Waals surface area contributed by atoms with Crippen LogP contribution >= 0.6 is 0 Å². The highest BCUT2D eigenvalue weighted by Crippen LogP contribution is 2.19. The molecule has 2 aromatic rings. The number of benzene rings is 1. The molecule has 6 nitrogen and oxygen atoms in total. The first-order valence-electron chi connectivity index (χ1n) is 6.27. The number of nitrogens with one attached hydrogen (secondary N) is 1. The maximum absolute atomic E-state index is 5.13. The van der Waals surface area contributed by atoms with Gasteiger partial charge in [-0.15, -0.1) is 5.10 Å². The van der Waals surface area contributed by atoms with Crippen LogP contribution in [0.5, 0.6) is 0 Å². The molecule has 1 aromatic heterocycles. The molecule has 0 saturated heterocycles. The molecule has 0 saturated carbocycles. The standard InChI is InChI=1S/C13H19N5O/c1-10(8-19-3)7-14-13-6-12(5-4-11(13)2)18-9-15-16-17-18/h4-6,9-10,14H,7-8H2,1-3H3. The van der Waals surface area contributed by atoms with E-state index < -0.39 is 0 Å². The zero-order valence-electron chi connectivity index (χ0n) is 11.5. The maximum atomic E-state index is 5.13. The van der Waals surface area contributed by atoms with Crippen molar-refractivity contribution >= 4 is 5.69 Å². The van der Waals surface area contributed by atoms with Gasteiger partial charge >= 0.3 is 0 Å². The molecule has 0 aliphatic carbocycles. The van der Waals surface area contributed by atoms with Gasteiger partial charge in [-0.3, -0.25) is 0 Å². The summed E-state index contributed by atoms with van der Waals surface area (Å²) in [5.74, 6) is 0.459. The highest BCUT2D eigenvalue weighted by molar-refractivity contribution is 5.56. The van der Waals surface area contributed by atoms with E-state index in [0.717, 1.165) is 24.5 Å². The molecule has 1 N–H and O–H groups in total. The third-order valence-electron chi connectivity index (χ3n) is 2.93. The lowest BCUT2D eigenvalue weighted by Crippen LogP contribution is -2.16. The summed E-state index contributed by atoms with van der Waals surface area (Å²) >= 11 is 0. The van der Waals surface area contributed by atoms with Gasteiger partial charge in [0.05, 0.1) is 12.3 Å². The molecule has 102 valence electrons. The van der Waals surface area contributed by atoms with Crippen LogP contribution < -0.4 is 5.32 Å². The van der Waals surface area contributed by atoms with E-state index >= 15 is 0 Å². The minimum atomic E-state index is 0.459. The van der Waals surface area contributed by atoms with E-state index in [4.69, 9.17) is 4.74 Å². The fraction of sp³-hybridized carbons (Fsp3) is 0.462. The second-order valence-electron chi connectivity index (χ2n) is 4.70. The number of aryl methyl sites for hydroxylation is 1. The predicted octanol–water partition coefficient (Wildman–Crippen LogP) is 1.67. The van der Waals surface area contributed by atoms with Crippen molar-refractivity contribution in [3.8, 4) is 5.69 Å². The van der Waals surface area contributed by atoms with Crippen LogP contribution in [0.15, 0.2) is 24.5 Å². The average Bonchev–Trinajstić information content (AvgIpc) is 2.92. The van der Waals surface area contributed by atoms with Crippen molar-refractivity contribution in [1.29, 1.82) is 0 Å². The van der Waals surface area contributed by atoms with Crippen LogP contribution in [-0.4, -0.2) is 40.5 Å². The molecule has 0 amide bonds. The molecule has 1 aromatic carbocycles. The van der Waals surface area contributed by atoms with Crippen molar-refractivity contribution < 1.29 is 4.74 Å². The van der Waals surface area contributed by atoms with Crippen molar-refractivity contribution in [2.24, 2.45) is 5.92 Å². The second kappa shape index (κ2) is 6.29. The lowest BCUT2D eigenvalue weighted by Gasteiger charge is -2.15. The Morgan fingerprint density at radius 3 is 2.95 bits per heavy atom. The summed E-state index contributed by atoms with van der Waals surface area (Å²) in [4.78, 5) is 0. The molecule has 2 rings (SSSR count). The lowest BCUT2D eigenvalue weighted by molar-refractivity contribution is 0.164. The Morgan fingerprint density at radius 2 is 2.26 bits per heavy atom. The van der Waals surface area contributed by atoms with E-state index in [1.54, 1.807) is 18.1 Å². The fourth-order valence-electron chi connectivity index (χ4n) is 1.85. The van der Waals surface area contributed by atoms with Crippen LogP contribution in [0.1, 0.15) is 12.5 Å². The Bertz CT molecular complexity index is 512. The van der Waals surface area contributed by atoms with E-state index in [-0.39, 0.29) is 0 Å². The van der Waals surface area contributed by atoms with Crippen molar-refractivity contribution in [1.82, 2.24) is 20.2 Å². The van der Waals surface area contributed by atoms with Gasteiger partial charge in [-0.25, -0.2) is 4.68 Å². The number of methoxy groups -OCH3 is 1. The number of hydrogen-bond donors (Lipinski definition) is 1. The molecule has 0 radical (unpaired) electrons. The highest BCUT2D eigenvalue weighted by Gasteiger charge is 2.05. The summed E-state index contributed by atoms with van der Waals surface area (Å²) < 4.78 is 6.78. The molecule has 0 bridgehead atoms. The lowest BCUT2D eigenvalue weighted by atomic mass is 10.1. The minimum absolute atomic E-state index is 0.459. The Kier molecular flexibility index (Phi) is 4.46. The first kappa shape index (κ1) is 13.5. The van der Waals surface area contributed by atoms with Gasteiger partial charge < -0.3 is 10.1 Å². The number of rotatable bonds is 6. The van der Waals surface area contributed by atoms with E-state index in [2.05, 4.69) is 40.8 Å². The van der Waals surface area contributed by atoms with Crippen LogP contribution in [0.2, 0.25) is 0 Å². The van der Waals surface area contributed by atoms with E-state index in [1.165, 1.54) is 5.56 Å². The van der Waals surface area contributed by atoms with Gasteiger partial charge in [0.2, 0.25) is 0 Å². The number of ether oxygens (including phenoxy) is 1. The first-order valence-corrected chi connectivity index (χ1v) is 6.27. The summed E-state index contributed by atoms with van der Waals surface area (Å²) in [5, 5.41) is 14.6. The van der Waals surface area contributed by atoms with E-state index in [9.17, 15) is 0 Å². The third kappa shape index (κ3) is 3.51. The topological polar surface area (TPSA) is 64.9 Å². The van der Waals surface area contributed by atoms with Crippen molar-refractivity contribution in [2.75, 3.05) is 25.6 Å². The number of nitrogens with zero attached hydrogens (tertiary/aromatic N) is 4. The molecule has 0 aliphatic heterocycles. The van der Waals surface area contributed by atoms with Gasteiger partial charge in [-0.05, 0) is 41.0 Å². The third-order valence-corrected chi connectivity index (χ3v) is 2.93. The zero-order valence-corrected chi connectivity index (χ0v) is 11.5. The molecule has 1 atom stereocenters. The van der Waals surface area contributed by atoms with E-state index in [0.29, 0.717) is 5.92 Å². The van der Waals surface area contributed by atoms with Crippen LogP contribution in [0.25, 0.3) is 5.69 Å². The highest BCUT2D eigenvalue weighted by atomic mass is 16.5. The van der Waals surface area contributed by atoms with Crippen molar-refractivity contribution in [3.63, 3.8) is 0 Å². The number of hydrogen-bond acceptors (Lipinski definition) is 5. The maximum Gasteiger partial charge on any atom is 0.143 e. The van der Waals surface area contributed by atoms with Crippen LogP contribution in [0.4, 0.5) is 5.69 Å². The quantitative estimate of drug-likeness (QED) is 0.856. The molecule has 1 heterocycles. The monoisotopic (exact) mass is 261 g/mol. The summed E-state index contributed by atoms with van der Waals surface area (Å²) in [6.45, 7) is 5.84. The molecule has 0 aliphatic rings. The van der Waals surface area contributed by atoms with Gasteiger partial charge in [0.15, 0.2) is 0 Å². The average molecular weight is 261 g/mol. The smallest absolute Gasteiger partial charge is 0.143 e. The minimum Gasteiger partial charge on any atom is -0.384 e. The molecule has 0 spiro atoms. The SMILES string of the molecule is COCC(C)CNc1cc(-n2cnnn2)ccc1C. The van der Waals surface area contributed by atoms with Gasteiger partial charge in [0, 0.05) is 19.3 Å².